The normalized spacial score (nSPS) is 24.1. The second kappa shape index (κ2) is 5.96. The number of hydrogen-bond acceptors (Lipinski definition) is 4. The molecule has 2 rings (SSSR count). The fraction of sp³-hybridized carbons (Fsp3) is 0.692. The van der Waals surface area contributed by atoms with E-state index in [1.54, 1.807) is 11.3 Å². The lowest BCUT2D eigenvalue weighted by Crippen LogP contribution is -2.53. The van der Waals surface area contributed by atoms with Gasteiger partial charge in [-0.1, -0.05) is 0 Å². The van der Waals surface area contributed by atoms with Crippen LogP contribution in [0.1, 0.15) is 19.4 Å². The van der Waals surface area contributed by atoms with Crippen molar-refractivity contribution in [1.82, 2.24) is 4.90 Å². The van der Waals surface area contributed by atoms with Gasteiger partial charge in [-0.05, 0) is 42.7 Å². The smallest absolute Gasteiger partial charge is 0.0856 e. The van der Waals surface area contributed by atoms with Gasteiger partial charge in [-0.3, -0.25) is 4.90 Å². The number of ether oxygens (including phenoxy) is 1. The first-order valence-electron chi connectivity index (χ1n) is 6.29. The molecule has 2 N–H and O–H groups in total. The van der Waals surface area contributed by atoms with Crippen LogP contribution in [0, 0.1) is 0 Å². The van der Waals surface area contributed by atoms with Crippen LogP contribution in [0.25, 0.3) is 0 Å². The van der Waals surface area contributed by atoms with E-state index in [4.69, 9.17) is 10.5 Å². The number of thiophene rings is 1. The summed E-state index contributed by atoms with van der Waals surface area (Å²) >= 11 is 1.73. The van der Waals surface area contributed by atoms with Crippen molar-refractivity contribution in [3.63, 3.8) is 0 Å². The molecule has 0 radical (unpaired) electrons. The summed E-state index contributed by atoms with van der Waals surface area (Å²) in [6.45, 7) is 7.25. The molecule has 2 heterocycles. The van der Waals surface area contributed by atoms with E-state index >= 15 is 0 Å². The first kappa shape index (κ1) is 13.0. The lowest BCUT2D eigenvalue weighted by atomic mass is 10.0. The van der Waals surface area contributed by atoms with Crippen LogP contribution in [0.2, 0.25) is 0 Å². The molecule has 2 unspecified atom stereocenters. The maximum Gasteiger partial charge on any atom is 0.0856 e. The average molecular weight is 254 g/mol. The Morgan fingerprint density at radius 2 is 2.41 bits per heavy atom. The summed E-state index contributed by atoms with van der Waals surface area (Å²) < 4.78 is 5.81. The highest BCUT2D eigenvalue weighted by Gasteiger charge is 2.27. The minimum absolute atomic E-state index is 0.103. The van der Waals surface area contributed by atoms with Gasteiger partial charge in [0.2, 0.25) is 0 Å². The van der Waals surface area contributed by atoms with E-state index in [1.165, 1.54) is 5.56 Å². The maximum absolute atomic E-state index is 6.25. The Morgan fingerprint density at radius 3 is 3.06 bits per heavy atom. The second-order valence-electron chi connectivity index (χ2n) is 5.00. The number of morpholine rings is 1. The first-order chi connectivity index (χ1) is 8.16. The first-order valence-corrected chi connectivity index (χ1v) is 7.23. The predicted octanol–water partition coefficient (Wildman–Crippen LogP) is 1.73. The molecular formula is C13H22N2OS. The number of nitrogens with zero attached hydrogens (tertiary/aromatic N) is 1. The molecule has 0 spiro atoms. The molecule has 3 nitrogen and oxygen atoms in total. The molecule has 1 aliphatic heterocycles. The van der Waals surface area contributed by atoms with Crippen LogP contribution in [-0.4, -0.2) is 42.8 Å². The third-order valence-corrected chi connectivity index (χ3v) is 4.12. The van der Waals surface area contributed by atoms with Crippen molar-refractivity contribution in [1.29, 1.82) is 0 Å². The molecule has 0 bridgehead atoms. The minimum atomic E-state index is 0.103. The van der Waals surface area contributed by atoms with E-state index in [0.29, 0.717) is 6.04 Å². The Morgan fingerprint density at radius 1 is 1.59 bits per heavy atom. The molecule has 0 saturated carbocycles. The van der Waals surface area contributed by atoms with Gasteiger partial charge >= 0.3 is 0 Å². The molecule has 1 aromatic heterocycles. The van der Waals surface area contributed by atoms with Crippen LogP contribution in [0.4, 0.5) is 0 Å². The summed E-state index contributed by atoms with van der Waals surface area (Å²) in [7, 11) is 0. The van der Waals surface area contributed by atoms with Crippen molar-refractivity contribution >= 4 is 11.3 Å². The van der Waals surface area contributed by atoms with Gasteiger partial charge in [-0.2, -0.15) is 11.3 Å². The molecule has 1 aromatic rings. The highest BCUT2D eigenvalue weighted by atomic mass is 32.1. The van der Waals surface area contributed by atoms with Gasteiger partial charge in [0.05, 0.1) is 12.7 Å². The third-order valence-electron chi connectivity index (χ3n) is 3.38. The van der Waals surface area contributed by atoms with Gasteiger partial charge < -0.3 is 10.5 Å². The molecular weight excluding hydrogens is 232 g/mol. The molecule has 1 saturated heterocycles. The molecule has 1 aliphatic rings. The zero-order chi connectivity index (χ0) is 12.3. The van der Waals surface area contributed by atoms with Gasteiger partial charge in [0.25, 0.3) is 0 Å². The Hall–Kier alpha value is -0.420. The molecule has 4 heteroatoms. The molecule has 96 valence electrons. The lowest BCUT2D eigenvalue weighted by Gasteiger charge is -2.37. The van der Waals surface area contributed by atoms with E-state index in [0.717, 1.165) is 26.1 Å². The number of nitrogens with two attached hydrogens (primary N) is 1. The molecule has 17 heavy (non-hydrogen) atoms. The van der Waals surface area contributed by atoms with Gasteiger partial charge in [0, 0.05) is 25.2 Å². The molecule has 1 fully saturated rings. The van der Waals surface area contributed by atoms with E-state index < -0.39 is 0 Å². The minimum Gasteiger partial charge on any atom is -0.374 e. The van der Waals surface area contributed by atoms with Crippen LogP contribution in [0.5, 0.6) is 0 Å². The summed E-state index contributed by atoms with van der Waals surface area (Å²) in [5.41, 5.74) is 7.58. The summed E-state index contributed by atoms with van der Waals surface area (Å²) in [6, 6.07) is 2.83. The SMILES string of the molecule is CC(C)N1CCOC(C(N)Cc2ccsc2)C1. The summed E-state index contributed by atoms with van der Waals surface area (Å²) in [4.78, 5) is 2.45. The standard InChI is InChI=1S/C13H22N2OS/c1-10(2)15-4-5-16-13(8-15)12(14)7-11-3-6-17-9-11/h3,6,9-10,12-13H,4-5,7-8,14H2,1-2H3. The Bertz CT molecular complexity index is 326. The van der Waals surface area contributed by atoms with Crippen LogP contribution in [0.15, 0.2) is 16.8 Å². The van der Waals surface area contributed by atoms with Crippen molar-refractivity contribution in [2.75, 3.05) is 19.7 Å². The number of rotatable bonds is 4. The van der Waals surface area contributed by atoms with E-state index in [2.05, 4.69) is 35.6 Å². The highest BCUT2D eigenvalue weighted by Crippen LogP contribution is 2.15. The highest BCUT2D eigenvalue weighted by molar-refractivity contribution is 7.07. The predicted molar refractivity (Wildman–Crippen MR) is 72.4 cm³/mol. The Labute approximate surface area is 108 Å². The van der Waals surface area contributed by atoms with Crippen molar-refractivity contribution in [3.8, 4) is 0 Å². The van der Waals surface area contributed by atoms with Crippen molar-refractivity contribution in [2.45, 2.75) is 38.5 Å². The Kier molecular flexibility index (Phi) is 4.56. The molecule has 0 aliphatic carbocycles. The fourth-order valence-corrected chi connectivity index (χ4v) is 2.92. The van der Waals surface area contributed by atoms with E-state index in [9.17, 15) is 0 Å². The quantitative estimate of drug-likeness (QED) is 0.889. The Balaban J connectivity index is 1.88. The van der Waals surface area contributed by atoms with Crippen LogP contribution >= 0.6 is 11.3 Å². The van der Waals surface area contributed by atoms with Crippen molar-refractivity contribution in [2.24, 2.45) is 5.73 Å². The summed E-state index contributed by atoms with van der Waals surface area (Å²) in [6.07, 6.45) is 1.09. The summed E-state index contributed by atoms with van der Waals surface area (Å²) in [5, 5.41) is 4.27. The van der Waals surface area contributed by atoms with E-state index in [1.807, 2.05) is 0 Å². The summed E-state index contributed by atoms with van der Waals surface area (Å²) in [5.74, 6) is 0. The topological polar surface area (TPSA) is 38.5 Å². The van der Waals surface area contributed by atoms with Crippen LogP contribution < -0.4 is 5.73 Å². The van der Waals surface area contributed by atoms with Crippen molar-refractivity contribution < 1.29 is 4.74 Å². The monoisotopic (exact) mass is 254 g/mol. The second-order valence-corrected chi connectivity index (χ2v) is 5.78. The van der Waals surface area contributed by atoms with Gasteiger partial charge in [0.15, 0.2) is 0 Å². The largest absolute Gasteiger partial charge is 0.374 e. The van der Waals surface area contributed by atoms with Gasteiger partial charge in [-0.15, -0.1) is 0 Å². The zero-order valence-corrected chi connectivity index (χ0v) is 11.5. The number of hydrogen-bond donors (Lipinski definition) is 1. The van der Waals surface area contributed by atoms with Crippen molar-refractivity contribution in [3.05, 3.63) is 22.4 Å². The maximum atomic E-state index is 6.25. The zero-order valence-electron chi connectivity index (χ0n) is 10.6. The third kappa shape index (κ3) is 3.52. The van der Waals surface area contributed by atoms with Gasteiger partial charge in [0.1, 0.15) is 0 Å². The van der Waals surface area contributed by atoms with Gasteiger partial charge in [-0.25, -0.2) is 0 Å². The average Bonchev–Trinajstić information content (AvgIpc) is 2.82. The van der Waals surface area contributed by atoms with Crippen LogP contribution in [-0.2, 0) is 11.2 Å². The molecule has 0 aromatic carbocycles. The van der Waals surface area contributed by atoms with E-state index in [-0.39, 0.29) is 12.1 Å². The lowest BCUT2D eigenvalue weighted by molar-refractivity contribution is -0.0495. The van der Waals surface area contributed by atoms with Crippen LogP contribution in [0.3, 0.4) is 0 Å². The molecule has 2 atom stereocenters. The fourth-order valence-electron chi connectivity index (χ4n) is 2.24. The molecule has 0 amide bonds.